The van der Waals surface area contributed by atoms with Crippen LogP contribution in [-0.4, -0.2) is 8.42 Å². The number of rotatable bonds is 0. The number of hydrogen-bond acceptors (Lipinski definition) is 4. The van der Waals surface area contributed by atoms with Crippen molar-refractivity contribution in [2.45, 2.75) is 0 Å². The normalized spacial score (nSPS) is 26.0. The van der Waals surface area contributed by atoms with Crippen molar-refractivity contribution in [3.8, 4) is 0 Å². The van der Waals surface area contributed by atoms with Crippen molar-refractivity contribution in [2.75, 3.05) is 0 Å². The van der Waals surface area contributed by atoms with Gasteiger partial charge < -0.3 is 0 Å². The third-order valence-corrected chi connectivity index (χ3v) is 5.76. The van der Waals surface area contributed by atoms with Gasteiger partial charge in [0, 0.05) is 0 Å². The second kappa shape index (κ2) is 1.11. The molecule has 37 valence electrons. The molecule has 1 aliphatic rings. The van der Waals surface area contributed by atoms with Crippen molar-refractivity contribution in [1.82, 2.24) is 0 Å². The summed E-state index contributed by atoms with van der Waals surface area (Å²) in [5.41, 5.74) is 0. The quantitative estimate of drug-likeness (QED) is 0.580. The second-order valence-electron chi connectivity index (χ2n) is 0.597. The molecule has 6 heteroatoms. The average Bonchev–Trinajstić information content (AvgIpc) is 1.32. The van der Waals surface area contributed by atoms with E-state index in [-0.39, 0.29) is 0 Å². The van der Waals surface area contributed by atoms with Crippen LogP contribution in [0.5, 0.6) is 0 Å². The van der Waals surface area contributed by atoms with E-state index in [2.05, 4.69) is 7.10 Å². The topological polar surface area (TPSA) is 52.6 Å². The maximum atomic E-state index is 9.69. The summed E-state index contributed by atoms with van der Waals surface area (Å²) >= 11 is -1.36. The Morgan fingerprint density at radius 3 is 1.67 bits per heavy atom. The zero-order valence-corrected chi connectivity index (χ0v) is 6.38. The Morgan fingerprint density at radius 1 is 1.33 bits per heavy atom. The van der Waals surface area contributed by atoms with E-state index in [1.165, 1.54) is 0 Å². The van der Waals surface area contributed by atoms with Crippen LogP contribution >= 0.6 is 0 Å². The van der Waals surface area contributed by atoms with Crippen molar-refractivity contribution < 1.29 is 28.6 Å². The third kappa shape index (κ3) is 0.663. The van der Waals surface area contributed by atoms with Gasteiger partial charge in [0.2, 0.25) is 0 Å². The molecule has 6 heavy (non-hydrogen) atoms. The molecule has 1 saturated heterocycles. The SMILES string of the molecule is O=S1(=O)[O][Am][O]1. The minimum atomic E-state index is -3.40. The molecule has 0 bridgehead atoms. The van der Waals surface area contributed by atoms with Gasteiger partial charge in [0.15, 0.2) is 0 Å². The molecule has 0 aliphatic carbocycles. The van der Waals surface area contributed by atoms with Crippen LogP contribution in [0.25, 0.3) is 0 Å². The third-order valence-electron chi connectivity index (χ3n) is 0.206. The molecule has 0 unspecified atom stereocenters. The summed E-state index contributed by atoms with van der Waals surface area (Å²) in [6.45, 7) is 0. The van der Waals surface area contributed by atoms with Gasteiger partial charge in [-0.1, -0.05) is 0 Å². The monoisotopic (exact) mass is 337 g/mol. The van der Waals surface area contributed by atoms with Crippen LogP contribution in [0.3, 0.4) is 0 Å². The molecule has 1 fully saturated rings. The first kappa shape index (κ1) is 4.42. The summed E-state index contributed by atoms with van der Waals surface area (Å²) in [4.78, 5) is 0. The van der Waals surface area contributed by atoms with Crippen LogP contribution in [0.15, 0.2) is 0 Å². The molecular weight excluding hydrogens is 339 g/mol. The Hall–Kier alpha value is 0.260. The van der Waals surface area contributed by atoms with E-state index < -0.39 is 23.4 Å². The standard InChI is InChI=1S/Am.H2O4S/c;1-5(2,3)4/h;(H2,1,2,3,4)/q+2;/p-2. The van der Waals surface area contributed by atoms with Gasteiger partial charge in [-0.15, -0.1) is 0 Å². The number of hydrogen-bond donors (Lipinski definition) is 0. The van der Waals surface area contributed by atoms with E-state index in [0.29, 0.717) is 0 Å². The molecule has 0 saturated carbocycles. The van der Waals surface area contributed by atoms with Crippen molar-refractivity contribution in [1.29, 1.82) is 0 Å². The molecule has 0 atom stereocenters. The van der Waals surface area contributed by atoms with E-state index in [9.17, 15) is 8.42 Å². The van der Waals surface area contributed by atoms with Crippen molar-refractivity contribution in [2.24, 2.45) is 0 Å². The van der Waals surface area contributed by atoms with Gasteiger partial charge in [0.1, 0.15) is 0 Å². The van der Waals surface area contributed by atoms with Crippen molar-refractivity contribution >= 4 is 10.4 Å². The molecule has 1 heterocycles. The fourth-order valence-electron chi connectivity index (χ4n) is 0.0677. The summed E-state index contributed by atoms with van der Waals surface area (Å²) in [5.74, 6) is 0. The van der Waals surface area contributed by atoms with E-state index in [0.717, 1.165) is 0 Å². The predicted molar refractivity (Wildman–Crippen MR) is 11.1 cm³/mol. The molecule has 1 rings (SSSR count). The van der Waals surface area contributed by atoms with E-state index in [4.69, 9.17) is 0 Å². The van der Waals surface area contributed by atoms with Crippen LogP contribution < -0.4 is 0 Å². The fraction of sp³-hybridized carbons (Fsp3) is 0. The molecule has 0 radical (unpaired) electrons. The van der Waals surface area contributed by atoms with Crippen LogP contribution in [0, 0.1) is 13.0 Å². The van der Waals surface area contributed by atoms with Crippen LogP contribution in [0.1, 0.15) is 0 Å². The van der Waals surface area contributed by atoms with E-state index in [1.807, 2.05) is 0 Å². The molecule has 0 aromatic carbocycles. The molecular formula is AmO4S. The first-order valence-electron chi connectivity index (χ1n) is 0.975. The van der Waals surface area contributed by atoms with Gasteiger partial charge >= 0.3 is 39.0 Å². The summed E-state index contributed by atoms with van der Waals surface area (Å²) in [7, 11) is -3.40. The summed E-state index contributed by atoms with van der Waals surface area (Å²) in [5, 5.41) is 0. The van der Waals surface area contributed by atoms with E-state index in [1.54, 1.807) is 0 Å². The van der Waals surface area contributed by atoms with Gasteiger partial charge in [-0.05, 0) is 0 Å². The Labute approximate surface area is 39.7 Å². The van der Waals surface area contributed by atoms with Crippen LogP contribution in [-0.2, 0) is 17.5 Å². The minimum absolute atomic E-state index is 1.36. The van der Waals surface area contributed by atoms with E-state index >= 15 is 0 Å². The Kier molecular flexibility index (Phi) is 0.820. The maximum absolute atomic E-state index is 9.69. The van der Waals surface area contributed by atoms with Gasteiger partial charge in [0.05, 0.1) is 0 Å². The van der Waals surface area contributed by atoms with Crippen LogP contribution in [0.4, 0.5) is 0 Å². The average molecular weight is 339 g/mol. The first-order valence-corrected chi connectivity index (χ1v) is 4.88. The molecule has 1 aliphatic heterocycles. The Bertz CT molecular complexity index is 122. The van der Waals surface area contributed by atoms with Crippen molar-refractivity contribution in [3.05, 3.63) is 0 Å². The van der Waals surface area contributed by atoms with Gasteiger partial charge in [-0.25, -0.2) is 0 Å². The summed E-state index contributed by atoms with van der Waals surface area (Å²) in [6, 6.07) is 0. The van der Waals surface area contributed by atoms with Crippen LogP contribution in [0.2, 0.25) is 0 Å². The summed E-state index contributed by atoms with van der Waals surface area (Å²) in [6.07, 6.45) is 0. The van der Waals surface area contributed by atoms with Crippen molar-refractivity contribution in [3.63, 3.8) is 0 Å². The second-order valence-corrected chi connectivity index (χ2v) is 5.34. The zero-order valence-electron chi connectivity index (χ0n) is 2.42. The van der Waals surface area contributed by atoms with Gasteiger partial charge in [0.25, 0.3) is 0 Å². The summed E-state index contributed by atoms with van der Waals surface area (Å²) < 4.78 is 27.5. The van der Waals surface area contributed by atoms with Gasteiger partial charge in [-0.2, -0.15) is 0 Å². The fourth-order valence-corrected chi connectivity index (χ4v) is 1.89. The molecule has 0 aromatic rings. The molecule has 0 N–H and O–H groups in total. The molecule has 4 nitrogen and oxygen atoms in total. The first-order chi connectivity index (χ1) is 2.71. The predicted octanol–water partition coefficient (Wildman–Crippen LogP) is -0.807. The zero-order chi connectivity index (χ0) is 4.62. The van der Waals surface area contributed by atoms with Gasteiger partial charge in [-0.3, -0.25) is 0 Å². The Balaban J connectivity index is 2.78. The molecule has 0 amide bonds. The Morgan fingerprint density at radius 2 is 1.67 bits per heavy atom. The molecule has 0 aromatic heterocycles. The molecule has 0 spiro atoms.